The van der Waals surface area contributed by atoms with Gasteiger partial charge in [0.15, 0.2) is 0 Å². The Labute approximate surface area is 126 Å². The Bertz CT molecular complexity index is 348. The van der Waals surface area contributed by atoms with E-state index < -0.39 is 0 Å². The lowest BCUT2D eigenvalue weighted by molar-refractivity contribution is 0.00206. The van der Waals surface area contributed by atoms with Crippen molar-refractivity contribution in [2.45, 2.75) is 0 Å². The number of hydrogen-bond donors (Lipinski definition) is 0. The molecule has 1 fully saturated rings. The molecular formula is C15H24N2O4. The Kier molecular flexibility index (Phi) is 8.09. The molecule has 0 aliphatic carbocycles. The molecule has 0 unspecified atom stereocenters. The molecule has 118 valence electrons. The number of anilines is 1. The lowest BCUT2D eigenvalue weighted by Crippen LogP contribution is -2.32. The lowest BCUT2D eigenvalue weighted by atomic mass is 10.4. The molecule has 0 N–H and O–H groups in total. The fourth-order valence-electron chi connectivity index (χ4n) is 1.99. The predicted octanol–water partition coefficient (Wildman–Crippen LogP) is 0.968. The molecule has 2 rings (SSSR count). The highest BCUT2D eigenvalue weighted by Crippen LogP contribution is 2.08. The van der Waals surface area contributed by atoms with Crippen LogP contribution >= 0.6 is 0 Å². The second-order valence-corrected chi connectivity index (χ2v) is 4.62. The van der Waals surface area contributed by atoms with Crippen molar-refractivity contribution in [1.82, 2.24) is 4.98 Å². The minimum Gasteiger partial charge on any atom is -0.377 e. The van der Waals surface area contributed by atoms with Gasteiger partial charge in [-0.05, 0) is 12.1 Å². The maximum absolute atomic E-state index is 5.59. The van der Waals surface area contributed by atoms with Crippen molar-refractivity contribution in [3.05, 3.63) is 24.4 Å². The maximum atomic E-state index is 5.59. The summed E-state index contributed by atoms with van der Waals surface area (Å²) < 4.78 is 22.0. The molecule has 6 nitrogen and oxygen atoms in total. The molecule has 0 bridgehead atoms. The smallest absolute Gasteiger partial charge is 0.128 e. The first-order valence-electron chi connectivity index (χ1n) is 7.44. The Morgan fingerprint density at radius 1 is 0.714 bits per heavy atom. The van der Waals surface area contributed by atoms with Crippen LogP contribution in [0.3, 0.4) is 0 Å². The van der Waals surface area contributed by atoms with E-state index in [4.69, 9.17) is 18.9 Å². The molecular weight excluding hydrogens is 272 g/mol. The molecule has 0 atom stereocenters. The van der Waals surface area contributed by atoms with Gasteiger partial charge in [0, 0.05) is 19.3 Å². The molecule has 1 aromatic rings. The van der Waals surface area contributed by atoms with Crippen LogP contribution in [0.5, 0.6) is 0 Å². The number of hydrogen-bond acceptors (Lipinski definition) is 6. The molecule has 1 aliphatic heterocycles. The van der Waals surface area contributed by atoms with E-state index in [2.05, 4.69) is 9.88 Å². The van der Waals surface area contributed by atoms with Gasteiger partial charge in [-0.15, -0.1) is 0 Å². The Balaban J connectivity index is 1.83. The Hall–Kier alpha value is -1.21. The predicted molar refractivity (Wildman–Crippen MR) is 79.7 cm³/mol. The number of pyridine rings is 1. The van der Waals surface area contributed by atoms with Gasteiger partial charge in [0.2, 0.25) is 0 Å². The van der Waals surface area contributed by atoms with Crippen molar-refractivity contribution in [3.63, 3.8) is 0 Å². The third-order valence-corrected chi connectivity index (χ3v) is 3.10. The van der Waals surface area contributed by atoms with Gasteiger partial charge in [-0.2, -0.15) is 0 Å². The Morgan fingerprint density at radius 3 is 1.71 bits per heavy atom. The largest absolute Gasteiger partial charge is 0.377 e. The quantitative estimate of drug-likeness (QED) is 0.770. The summed E-state index contributed by atoms with van der Waals surface area (Å²) in [4.78, 5) is 6.55. The minimum absolute atomic E-state index is 0.601. The highest BCUT2D eigenvalue weighted by molar-refractivity contribution is 5.37. The van der Waals surface area contributed by atoms with Gasteiger partial charge < -0.3 is 23.8 Å². The topological polar surface area (TPSA) is 53.1 Å². The standard InChI is InChI=1S/C15H24N2O4/c1-2-4-16-15(3-1)17-5-7-18-9-11-20-13-14-21-12-10-19-8-6-17/h1-4H,5-14H2. The van der Waals surface area contributed by atoms with Gasteiger partial charge in [0.1, 0.15) is 5.82 Å². The monoisotopic (exact) mass is 296 g/mol. The second-order valence-electron chi connectivity index (χ2n) is 4.62. The lowest BCUT2D eigenvalue weighted by Gasteiger charge is -2.23. The summed E-state index contributed by atoms with van der Waals surface area (Å²) in [6.45, 7) is 6.49. The molecule has 21 heavy (non-hydrogen) atoms. The maximum Gasteiger partial charge on any atom is 0.128 e. The summed E-state index contributed by atoms with van der Waals surface area (Å²) in [5.74, 6) is 0.946. The average molecular weight is 296 g/mol. The summed E-state index contributed by atoms with van der Waals surface area (Å²) >= 11 is 0. The number of rotatable bonds is 1. The van der Waals surface area contributed by atoms with Crippen LogP contribution in [-0.4, -0.2) is 70.9 Å². The van der Waals surface area contributed by atoms with Crippen LogP contribution in [0.2, 0.25) is 0 Å². The number of ether oxygens (including phenoxy) is 4. The summed E-state index contributed by atoms with van der Waals surface area (Å²) in [5.41, 5.74) is 0. The van der Waals surface area contributed by atoms with E-state index in [9.17, 15) is 0 Å². The van der Waals surface area contributed by atoms with E-state index >= 15 is 0 Å². The molecule has 0 radical (unpaired) electrons. The van der Waals surface area contributed by atoms with Gasteiger partial charge in [0.05, 0.1) is 52.9 Å². The molecule has 2 heterocycles. The van der Waals surface area contributed by atoms with Crippen molar-refractivity contribution in [2.24, 2.45) is 0 Å². The van der Waals surface area contributed by atoms with Crippen LogP contribution in [0, 0.1) is 0 Å². The number of nitrogens with zero attached hydrogens (tertiary/aromatic N) is 2. The van der Waals surface area contributed by atoms with Crippen molar-refractivity contribution in [2.75, 3.05) is 70.8 Å². The van der Waals surface area contributed by atoms with Gasteiger partial charge in [-0.25, -0.2) is 4.98 Å². The Morgan fingerprint density at radius 2 is 1.24 bits per heavy atom. The molecule has 0 amide bonds. The van der Waals surface area contributed by atoms with Gasteiger partial charge in [-0.3, -0.25) is 0 Å². The van der Waals surface area contributed by atoms with Crippen LogP contribution in [0.1, 0.15) is 0 Å². The first kappa shape index (κ1) is 16.2. The highest BCUT2D eigenvalue weighted by Gasteiger charge is 2.07. The van der Waals surface area contributed by atoms with Gasteiger partial charge in [-0.1, -0.05) is 6.07 Å². The van der Waals surface area contributed by atoms with E-state index in [1.807, 2.05) is 18.2 Å². The second kappa shape index (κ2) is 10.5. The molecule has 0 spiro atoms. The SMILES string of the molecule is c1ccc(N2CCOCCOCCOCCOCC2)nc1. The van der Waals surface area contributed by atoms with E-state index in [0.717, 1.165) is 18.9 Å². The summed E-state index contributed by atoms with van der Waals surface area (Å²) in [5, 5.41) is 0. The zero-order chi connectivity index (χ0) is 14.6. The number of aromatic nitrogens is 1. The van der Waals surface area contributed by atoms with Crippen LogP contribution in [-0.2, 0) is 18.9 Å². The highest BCUT2D eigenvalue weighted by atomic mass is 16.6. The third-order valence-electron chi connectivity index (χ3n) is 3.10. The molecule has 1 saturated heterocycles. The summed E-state index contributed by atoms with van der Waals surface area (Å²) in [6, 6.07) is 5.90. The summed E-state index contributed by atoms with van der Waals surface area (Å²) in [7, 11) is 0. The fraction of sp³-hybridized carbons (Fsp3) is 0.667. The van der Waals surface area contributed by atoms with E-state index in [0.29, 0.717) is 52.9 Å². The van der Waals surface area contributed by atoms with Gasteiger partial charge in [0.25, 0.3) is 0 Å². The normalized spacial score (nSPS) is 20.5. The minimum atomic E-state index is 0.601. The van der Waals surface area contributed by atoms with Crippen molar-refractivity contribution < 1.29 is 18.9 Å². The van der Waals surface area contributed by atoms with Crippen molar-refractivity contribution >= 4 is 5.82 Å². The molecule has 0 aromatic carbocycles. The van der Waals surface area contributed by atoms with Crippen molar-refractivity contribution in [3.8, 4) is 0 Å². The van der Waals surface area contributed by atoms with Crippen LogP contribution in [0.4, 0.5) is 5.82 Å². The molecule has 6 heteroatoms. The average Bonchev–Trinajstić information content (AvgIpc) is 2.54. The van der Waals surface area contributed by atoms with Crippen LogP contribution < -0.4 is 4.90 Å². The fourth-order valence-corrected chi connectivity index (χ4v) is 1.99. The molecule has 1 aliphatic rings. The molecule has 1 aromatic heterocycles. The van der Waals surface area contributed by atoms with Crippen LogP contribution in [0.15, 0.2) is 24.4 Å². The third kappa shape index (κ3) is 6.86. The van der Waals surface area contributed by atoms with Gasteiger partial charge >= 0.3 is 0 Å². The van der Waals surface area contributed by atoms with Crippen LogP contribution in [0.25, 0.3) is 0 Å². The zero-order valence-electron chi connectivity index (χ0n) is 12.4. The zero-order valence-corrected chi connectivity index (χ0v) is 12.4. The summed E-state index contributed by atoms with van der Waals surface area (Å²) in [6.07, 6.45) is 1.80. The first-order chi connectivity index (χ1) is 10.5. The first-order valence-corrected chi connectivity index (χ1v) is 7.44. The molecule has 0 saturated carbocycles. The van der Waals surface area contributed by atoms with E-state index in [1.54, 1.807) is 6.20 Å². The van der Waals surface area contributed by atoms with E-state index in [1.165, 1.54) is 0 Å². The van der Waals surface area contributed by atoms with Crippen molar-refractivity contribution in [1.29, 1.82) is 0 Å². The van der Waals surface area contributed by atoms with E-state index in [-0.39, 0.29) is 0 Å².